The molecule has 7 heteroatoms. The number of hydrogen-bond donors (Lipinski definition) is 2. The van der Waals surface area contributed by atoms with Crippen molar-refractivity contribution in [1.82, 2.24) is 30.3 Å². The van der Waals surface area contributed by atoms with E-state index in [1.807, 2.05) is 18.5 Å². The molecule has 1 aromatic heterocycles. The van der Waals surface area contributed by atoms with E-state index in [1.165, 1.54) is 71.0 Å². The molecule has 1 aliphatic heterocycles. The Labute approximate surface area is 164 Å². The van der Waals surface area contributed by atoms with Gasteiger partial charge in [0, 0.05) is 32.2 Å². The smallest absolute Gasteiger partial charge is 0.192 e. The first-order valence-corrected chi connectivity index (χ1v) is 10.8. The standard InChI is InChI=1S/C20H37N7/c1-4-12-27-13-10-18(11-14-27)23-20(22-17-8-6-5-7-9-17)21-15-19-25-24-16(2)26(19)3/h17-18H,4-15H2,1-3H3,(H2,21,22,23). The largest absolute Gasteiger partial charge is 0.354 e. The molecule has 0 radical (unpaired) electrons. The molecule has 2 fully saturated rings. The maximum Gasteiger partial charge on any atom is 0.192 e. The number of guanidine groups is 1. The summed E-state index contributed by atoms with van der Waals surface area (Å²) in [4.78, 5) is 7.44. The topological polar surface area (TPSA) is 70.4 Å². The van der Waals surface area contributed by atoms with Crippen LogP contribution in [0.2, 0.25) is 0 Å². The molecule has 0 unspecified atom stereocenters. The second kappa shape index (κ2) is 10.1. The molecule has 27 heavy (non-hydrogen) atoms. The molecule has 1 aliphatic carbocycles. The van der Waals surface area contributed by atoms with E-state index in [2.05, 4.69) is 32.7 Å². The second-order valence-electron chi connectivity index (χ2n) is 8.13. The highest BCUT2D eigenvalue weighted by atomic mass is 15.3. The number of aromatic nitrogens is 3. The molecular weight excluding hydrogens is 338 g/mol. The molecule has 3 rings (SSSR count). The van der Waals surface area contributed by atoms with Crippen LogP contribution in [-0.4, -0.2) is 57.3 Å². The number of nitrogens with zero attached hydrogens (tertiary/aromatic N) is 5. The van der Waals surface area contributed by atoms with Gasteiger partial charge in [-0.15, -0.1) is 10.2 Å². The Kier molecular flexibility index (Phi) is 7.50. The number of hydrogen-bond acceptors (Lipinski definition) is 4. The number of likely N-dealkylation sites (tertiary alicyclic amines) is 1. The van der Waals surface area contributed by atoms with Crippen molar-refractivity contribution in [3.8, 4) is 0 Å². The Morgan fingerprint density at radius 3 is 2.30 bits per heavy atom. The van der Waals surface area contributed by atoms with Gasteiger partial charge in [-0.05, 0) is 45.6 Å². The minimum Gasteiger partial charge on any atom is -0.354 e. The minimum absolute atomic E-state index is 0.508. The zero-order valence-corrected chi connectivity index (χ0v) is 17.4. The lowest BCUT2D eigenvalue weighted by Gasteiger charge is -2.34. The van der Waals surface area contributed by atoms with Gasteiger partial charge in [-0.1, -0.05) is 26.2 Å². The number of aryl methyl sites for hydroxylation is 1. The van der Waals surface area contributed by atoms with E-state index < -0.39 is 0 Å². The molecule has 0 bridgehead atoms. The van der Waals surface area contributed by atoms with Crippen LogP contribution in [0.1, 0.15) is 69.9 Å². The van der Waals surface area contributed by atoms with Crippen molar-refractivity contribution in [3.63, 3.8) is 0 Å². The van der Waals surface area contributed by atoms with Gasteiger partial charge in [0.15, 0.2) is 11.8 Å². The summed E-state index contributed by atoms with van der Waals surface area (Å²) in [6.45, 7) is 8.39. The van der Waals surface area contributed by atoms with E-state index in [9.17, 15) is 0 Å². The fourth-order valence-electron chi connectivity index (χ4n) is 4.12. The van der Waals surface area contributed by atoms with Crippen molar-refractivity contribution in [2.24, 2.45) is 12.0 Å². The molecule has 1 aromatic rings. The quantitative estimate of drug-likeness (QED) is 0.590. The van der Waals surface area contributed by atoms with E-state index in [0.29, 0.717) is 18.6 Å². The highest BCUT2D eigenvalue weighted by Gasteiger charge is 2.21. The zero-order valence-electron chi connectivity index (χ0n) is 17.4. The van der Waals surface area contributed by atoms with Crippen LogP contribution in [0.3, 0.4) is 0 Å². The summed E-state index contributed by atoms with van der Waals surface area (Å²) in [5.74, 6) is 2.80. The van der Waals surface area contributed by atoms with E-state index in [0.717, 1.165) is 17.6 Å². The maximum absolute atomic E-state index is 4.87. The van der Waals surface area contributed by atoms with Gasteiger partial charge < -0.3 is 20.1 Å². The van der Waals surface area contributed by atoms with Crippen molar-refractivity contribution in [2.75, 3.05) is 19.6 Å². The molecule has 2 heterocycles. The van der Waals surface area contributed by atoms with Gasteiger partial charge in [-0.25, -0.2) is 4.99 Å². The molecule has 0 aromatic carbocycles. The minimum atomic E-state index is 0.508. The van der Waals surface area contributed by atoms with Crippen molar-refractivity contribution in [2.45, 2.75) is 83.8 Å². The Morgan fingerprint density at radius 2 is 1.70 bits per heavy atom. The fourth-order valence-corrected chi connectivity index (χ4v) is 4.12. The summed E-state index contributed by atoms with van der Waals surface area (Å²) < 4.78 is 2.02. The molecule has 1 saturated carbocycles. The molecule has 0 spiro atoms. The summed E-state index contributed by atoms with van der Waals surface area (Å²) >= 11 is 0. The van der Waals surface area contributed by atoms with Gasteiger partial charge in [-0.2, -0.15) is 0 Å². The van der Waals surface area contributed by atoms with Gasteiger partial charge in [0.1, 0.15) is 12.4 Å². The fraction of sp³-hybridized carbons (Fsp3) is 0.850. The first-order chi connectivity index (χ1) is 13.2. The average Bonchev–Trinajstić information content (AvgIpc) is 3.01. The molecule has 7 nitrogen and oxygen atoms in total. The van der Waals surface area contributed by atoms with Crippen LogP contribution >= 0.6 is 0 Å². The van der Waals surface area contributed by atoms with Gasteiger partial charge in [0.05, 0.1) is 0 Å². The SMILES string of the molecule is CCCN1CCC(NC(=NCc2nnc(C)n2C)NC2CCCCC2)CC1. The highest BCUT2D eigenvalue weighted by molar-refractivity contribution is 5.80. The highest BCUT2D eigenvalue weighted by Crippen LogP contribution is 2.17. The first kappa shape index (κ1) is 20.1. The predicted molar refractivity (Wildman–Crippen MR) is 110 cm³/mol. The van der Waals surface area contributed by atoms with Crippen LogP contribution in [0.5, 0.6) is 0 Å². The zero-order chi connectivity index (χ0) is 19.1. The second-order valence-corrected chi connectivity index (χ2v) is 8.13. The normalized spacial score (nSPS) is 20.8. The van der Waals surface area contributed by atoms with Crippen molar-refractivity contribution in [3.05, 3.63) is 11.6 Å². The summed E-state index contributed by atoms with van der Waals surface area (Å²) in [6, 6.07) is 1.06. The number of piperidine rings is 1. The van der Waals surface area contributed by atoms with Crippen molar-refractivity contribution >= 4 is 5.96 Å². The average molecular weight is 376 g/mol. The molecule has 2 aliphatic rings. The summed E-state index contributed by atoms with van der Waals surface area (Å²) in [7, 11) is 2.01. The third-order valence-corrected chi connectivity index (χ3v) is 5.98. The van der Waals surface area contributed by atoms with Crippen LogP contribution in [0, 0.1) is 6.92 Å². The Hall–Kier alpha value is -1.63. The summed E-state index contributed by atoms with van der Waals surface area (Å²) in [6.07, 6.45) is 10.1. The molecule has 0 amide bonds. The molecular formula is C20H37N7. The van der Waals surface area contributed by atoms with Crippen molar-refractivity contribution < 1.29 is 0 Å². The third kappa shape index (κ3) is 5.92. The molecule has 2 N–H and O–H groups in total. The van der Waals surface area contributed by atoms with Gasteiger partial charge in [0.2, 0.25) is 0 Å². The first-order valence-electron chi connectivity index (χ1n) is 10.8. The molecule has 1 saturated heterocycles. The van der Waals surface area contributed by atoms with E-state index in [-0.39, 0.29) is 0 Å². The van der Waals surface area contributed by atoms with Crippen molar-refractivity contribution in [1.29, 1.82) is 0 Å². The van der Waals surface area contributed by atoms with Gasteiger partial charge in [-0.3, -0.25) is 0 Å². The Morgan fingerprint density at radius 1 is 1.04 bits per heavy atom. The summed E-state index contributed by atoms with van der Waals surface area (Å²) in [5.41, 5.74) is 0. The number of aliphatic imine (C=N–C) groups is 1. The van der Waals surface area contributed by atoms with Gasteiger partial charge in [0.25, 0.3) is 0 Å². The lowest BCUT2D eigenvalue weighted by atomic mass is 9.95. The lowest BCUT2D eigenvalue weighted by Crippen LogP contribution is -2.51. The Balaban J connectivity index is 1.60. The predicted octanol–water partition coefficient (Wildman–Crippen LogP) is 2.37. The van der Waals surface area contributed by atoms with E-state index >= 15 is 0 Å². The number of nitrogens with one attached hydrogen (secondary N) is 2. The maximum atomic E-state index is 4.87. The Bertz CT molecular complexity index is 595. The van der Waals surface area contributed by atoms with Crippen LogP contribution in [0.15, 0.2) is 4.99 Å². The lowest BCUT2D eigenvalue weighted by molar-refractivity contribution is 0.206. The monoisotopic (exact) mass is 375 g/mol. The van der Waals surface area contributed by atoms with Gasteiger partial charge >= 0.3 is 0 Å². The molecule has 152 valence electrons. The molecule has 0 atom stereocenters. The van der Waals surface area contributed by atoms with Crippen LogP contribution in [-0.2, 0) is 13.6 Å². The summed E-state index contributed by atoms with van der Waals surface area (Å²) in [5, 5.41) is 15.8. The van der Waals surface area contributed by atoms with Crippen LogP contribution in [0.4, 0.5) is 0 Å². The van der Waals surface area contributed by atoms with Crippen LogP contribution < -0.4 is 10.6 Å². The van der Waals surface area contributed by atoms with Crippen LogP contribution in [0.25, 0.3) is 0 Å². The van der Waals surface area contributed by atoms with E-state index in [1.54, 1.807) is 0 Å². The van der Waals surface area contributed by atoms with E-state index in [4.69, 9.17) is 4.99 Å². The number of rotatable bonds is 6. The third-order valence-electron chi connectivity index (χ3n) is 5.98.